The van der Waals surface area contributed by atoms with Crippen molar-refractivity contribution < 1.29 is 0 Å². The molecular formula is C11H10BrN3O. The summed E-state index contributed by atoms with van der Waals surface area (Å²) in [5.41, 5.74) is 6.49. The van der Waals surface area contributed by atoms with E-state index < -0.39 is 0 Å². The van der Waals surface area contributed by atoms with E-state index in [1.165, 1.54) is 6.07 Å². The van der Waals surface area contributed by atoms with Crippen molar-refractivity contribution in [3.63, 3.8) is 0 Å². The van der Waals surface area contributed by atoms with Crippen molar-refractivity contribution in [1.82, 2.24) is 9.55 Å². The van der Waals surface area contributed by atoms with E-state index >= 15 is 0 Å². The van der Waals surface area contributed by atoms with Crippen LogP contribution in [-0.2, 0) is 6.54 Å². The monoisotopic (exact) mass is 279 g/mol. The molecule has 2 N–H and O–H groups in total. The largest absolute Gasteiger partial charge is 0.383 e. The molecule has 2 aromatic rings. The Labute approximate surface area is 101 Å². The van der Waals surface area contributed by atoms with Gasteiger partial charge in [-0.1, -0.05) is 6.07 Å². The standard InChI is InChI=1S/C11H10BrN3O/c12-9-3-4-10(16)15(7-9)6-8-2-1-5-14-11(8)13/h1-5,7H,6H2,(H2,13,14). The third-order valence-corrected chi connectivity index (χ3v) is 2.68. The Morgan fingerprint density at radius 1 is 1.38 bits per heavy atom. The number of hydrogen-bond donors (Lipinski definition) is 1. The van der Waals surface area contributed by atoms with E-state index in [1.807, 2.05) is 6.07 Å². The van der Waals surface area contributed by atoms with E-state index in [4.69, 9.17) is 5.73 Å². The van der Waals surface area contributed by atoms with E-state index in [0.717, 1.165) is 10.0 Å². The van der Waals surface area contributed by atoms with Gasteiger partial charge in [-0.25, -0.2) is 4.98 Å². The zero-order valence-corrected chi connectivity index (χ0v) is 10.0. The van der Waals surface area contributed by atoms with E-state index in [9.17, 15) is 4.79 Å². The van der Waals surface area contributed by atoms with Crippen LogP contribution in [0.15, 0.2) is 45.9 Å². The van der Waals surface area contributed by atoms with Crippen LogP contribution in [-0.4, -0.2) is 9.55 Å². The van der Waals surface area contributed by atoms with Crippen molar-refractivity contribution in [2.45, 2.75) is 6.54 Å². The molecule has 0 spiro atoms. The quantitative estimate of drug-likeness (QED) is 0.909. The third-order valence-electron chi connectivity index (χ3n) is 2.21. The van der Waals surface area contributed by atoms with Gasteiger partial charge < -0.3 is 10.3 Å². The van der Waals surface area contributed by atoms with Gasteiger partial charge in [0.05, 0.1) is 6.54 Å². The molecule has 0 saturated heterocycles. The molecule has 0 amide bonds. The van der Waals surface area contributed by atoms with Gasteiger partial charge in [0.15, 0.2) is 0 Å². The number of pyridine rings is 2. The van der Waals surface area contributed by atoms with Gasteiger partial charge in [-0.05, 0) is 28.1 Å². The highest BCUT2D eigenvalue weighted by Crippen LogP contribution is 2.10. The van der Waals surface area contributed by atoms with Crippen LogP contribution in [0.4, 0.5) is 5.82 Å². The number of anilines is 1. The lowest BCUT2D eigenvalue weighted by molar-refractivity contribution is 0.755. The fourth-order valence-electron chi connectivity index (χ4n) is 1.39. The van der Waals surface area contributed by atoms with E-state index in [-0.39, 0.29) is 5.56 Å². The number of hydrogen-bond acceptors (Lipinski definition) is 3. The van der Waals surface area contributed by atoms with Crippen molar-refractivity contribution >= 4 is 21.7 Å². The summed E-state index contributed by atoms with van der Waals surface area (Å²) in [4.78, 5) is 15.5. The molecule has 2 heterocycles. The predicted molar refractivity (Wildman–Crippen MR) is 66.2 cm³/mol. The molecule has 5 heteroatoms. The summed E-state index contributed by atoms with van der Waals surface area (Å²) in [5.74, 6) is 0.453. The highest BCUT2D eigenvalue weighted by molar-refractivity contribution is 9.10. The summed E-state index contributed by atoms with van der Waals surface area (Å²) in [6.07, 6.45) is 3.36. The fraction of sp³-hybridized carbons (Fsp3) is 0.0909. The van der Waals surface area contributed by atoms with Crippen molar-refractivity contribution in [1.29, 1.82) is 0 Å². The van der Waals surface area contributed by atoms with Crippen LogP contribution in [0.2, 0.25) is 0 Å². The van der Waals surface area contributed by atoms with Crippen LogP contribution in [0.3, 0.4) is 0 Å². The maximum Gasteiger partial charge on any atom is 0.250 e. The van der Waals surface area contributed by atoms with E-state index in [0.29, 0.717) is 12.4 Å². The topological polar surface area (TPSA) is 60.9 Å². The summed E-state index contributed by atoms with van der Waals surface area (Å²) in [5, 5.41) is 0. The highest BCUT2D eigenvalue weighted by Gasteiger charge is 2.02. The summed E-state index contributed by atoms with van der Waals surface area (Å²) in [7, 11) is 0. The van der Waals surface area contributed by atoms with Gasteiger partial charge in [0.25, 0.3) is 5.56 Å². The van der Waals surface area contributed by atoms with Gasteiger partial charge in [0.2, 0.25) is 0 Å². The Kier molecular flexibility index (Phi) is 3.05. The molecule has 16 heavy (non-hydrogen) atoms. The molecule has 2 aromatic heterocycles. The molecular weight excluding hydrogens is 270 g/mol. The molecule has 0 aliphatic carbocycles. The predicted octanol–water partition coefficient (Wildman–Crippen LogP) is 1.64. The third kappa shape index (κ3) is 2.30. The molecule has 0 fully saturated rings. The van der Waals surface area contributed by atoms with E-state index in [2.05, 4.69) is 20.9 Å². The molecule has 0 aliphatic heterocycles. The van der Waals surface area contributed by atoms with Crippen LogP contribution >= 0.6 is 15.9 Å². The Balaban J connectivity index is 2.38. The molecule has 0 saturated carbocycles. The molecule has 0 aliphatic rings. The smallest absolute Gasteiger partial charge is 0.250 e. The second-order valence-corrected chi connectivity index (χ2v) is 4.28. The number of rotatable bonds is 2. The second kappa shape index (κ2) is 4.49. The Morgan fingerprint density at radius 3 is 2.94 bits per heavy atom. The number of aromatic nitrogens is 2. The van der Waals surface area contributed by atoms with Crippen LogP contribution < -0.4 is 11.3 Å². The molecule has 82 valence electrons. The zero-order valence-electron chi connectivity index (χ0n) is 8.43. The number of nitrogen functional groups attached to an aromatic ring is 1. The highest BCUT2D eigenvalue weighted by atomic mass is 79.9. The minimum absolute atomic E-state index is 0.0635. The van der Waals surface area contributed by atoms with Crippen molar-refractivity contribution in [3.8, 4) is 0 Å². The maximum atomic E-state index is 11.6. The van der Waals surface area contributed by atoms with Gasteiger partial charge in [-0.3, -0.25) is 4.79 Å². The van der Waals surface area contributed by atoms with E-state index in [1.54, 1.807) is 29.1 Å². The first-order valence-electron chi connectivity index (χ1n) is 4.72. The number of halogens is 1. The fourth-order valence-corrected chi connectivity index (χ4v) is 1.77. The van der Waals surface area contributed by atoms with Crippen LogP contribution in [0.1, 0.15) is 5.56 Å². The average molecular weight is 280 g/mol. The lowest BCUT2D eigenvalue weighted by atomic mass is 10.2. The molecule has 0 atom stereocenters. The lowest BCUT2D eigenvalue weighted by Gasteiger charge is -2.07. The Hall–Kier alpha value is -1.62. The molecule has 0 radical (unpaired) electrons. The summed E-state index contributed by atoms with van der Waals surface area (Å²) in [6, 6.07) is 6.88. The Bertz CT molecular complexity index is 565. The minimum Gasteiger partial charge on any atom is -0.383 e. The SMILES string of the molecule is Nc1ncccc1Cn1cc(Br)ccc1=O. The van der Waals surface area contributed by atoms with Gasteiger partial charge in [0, 0.05) is 28.5 Å². The molecule has 0 bridgehead atoms. The first kappa shape index (κ1) is 10.9. The van der Waals surface area contributed by atoms with Gasteiger partial charge >= 0.3 is 0 Å². The zero-order chi connectivity index (χ0) is 11.5. The summed E-state index contributed by atoms with van der Waals surface area (Å²) >= 11 is 3.32. The van der Waals surface area contributed by atoms with Crippen molar-refractivity contribution in [2.24, 2.45) is 0 Å². The number of nitrogens with two attached hydrogens (primary N) is 1. The molecule has 0 unspecified atom stereocenters. The molecule has 2 rings (SSSR count). The van der Waals surface area contributed by atoms with Gasteiger partial charge in [0.1, 0.15) is 5.82 Å². The lowest BCUT2D eigenvalue weighted by Crippen LogP contribution is -2.19. The molecule has 0 aromatic carbocycles. The second-order valence-electron chi connectivity index (χ2n) is 3.36. The summed E-state index contributed by atoms with van der Waals surface area (Å²) in [6.45, 7) is 0.429. The van der Waals surface area contributed by atoms with Crippen LogP contribution in [0.5, 0.6) is 0 Å². The Morgan fingerprint density at radius 2 is 2.19 bits per heavy atom. The summed E-state index contributed by atoms with van der Waals surface area (Å²) < 4.78 is 2.44. The average Bonchev–Trinajstić information content (AvgIpc) is 2.27. The van der Waals surface area contributed by atoms with Crippen LogP contribution in [0, 0.1) is 0 Å². The van der Waals surface area contributed by atoms with Gasteiger partial charge in [-0.15, -0.1) is 0 Å². The normalized spacial score (nSPS) is 10.3. The first-order valence-corrected chi connectivity index (χ1v) is 5.51. The maximum absolute atomic E-state index is 11.6. The minimum atomic E-state index is -0.0635. The van der Waals surface area contributed by atoms with Crippen LogP contribution in [0.25, 0.3) is 0 Å². The van der Waals surface area contributed by atoms with Crippen molar-refractivity contribution in [3.05, 3.63) is 57.0 Å². The van der Waals surface area contributed by atoms with Crippen molar-refractivity contribution in [2.75, 3.05) is 5.73 Å². The molecule has 4 nitrogen and oxygen atoms in total. The number of nitrogens with zero attached hydrogens (tertiary/aromatic N) is 2. The van der Waals surface area contributed by atoms with Gasteiger partial charge in [-0.2, -0.15) is 0 Å². The first-order chi connectivity index (χ1) is 7.66.